The van der Waals surface area contributed by atoms with Gasteiger partial charge in [-0.15, -0.1) is 0 Å². The van der Waals surface area contributed by atoms with Gasteiger partial charge in [-0.3, -0.25) is 0 Å². The quantitative estimate of drug-likeness (QED) is 0.508. The summed E-state index contributed by atoms with van der Waals surface area (Å²) in [6.07, 6.45) is 0. The number of carboxylic acid groups (broad SMARTS) is 1. The van der Waals surface area contributed by atoms with E-state index in [9.17, 15) is 0 Å². The Bertz CT molecular complexity index is 74.7. The Morgan fingerprint density at radius 2 is 1.56 bits per heavy atom. The molecule has 0 fully saturated rings. The third-order valence-electron chi connectivity index (χ3n) is 0.135. The van der Waals surface area contributed by atoms with Crippen molar-refractivity contribution in [2.45, 2.75) is 0 Å². The van der Waals surface area contributed by atoms with Gasteiger partial charge in [-0.05, 0) is 0 Å². The van der Waals surface area contributed by atoms with Gasteiger partial charge < -0.3 is 10.2 Å². The number of rotatable bonds is 1. The summed E-state index contributed by atoms with van der Waals surface area (Å²) in [5.41, 5.74) is 0. The molecule has 0 aromatic rings. The van der Waals surface area contributed by atoms with Crippen molar-refractivity contribution in [3.05, 3.63) is 0 Å². The van der Waals surface area contributed by atoms with E-state index in [0.717, 1.165) is 0 Å². The third kappa shape index (κ3) is 41.6. The molecule has 0 heterocycles. The van der Waals surface area contributed by atoms with E-state index in [1.165, 1.54) is 0 Å². The molecule has 0 bridgehead atoms. The predicted octanol–water partition coefficient (Wildman–Crippen LogP) is 1.22. The first-order valence-corrected chi connectivity index (χ1v) is 24.2. The van der Waals surface area contributed by atoms with Crippen LogP contribution >= 0.6 is 36.7 Å². The number of aliphatic hydroxyl groups excluding tert-OH is 1. The summed E-state index contributed by atoms with van der Waals surface area (Å²) < 4.78 is 0. The fraction of sp³-hybridized carbons (Fsp3) is 0.500. The van der Waals surface area contributed by atoms with Gasteiger partial charge in [0.25, 0.3) is 0 Å². The molecule has 0 aliphatic carbocycles. The second-order valence-corrected chi connectivity index (χ2v) is 46.0. The fourth-order valence-electron chi connectivity index (χ4n) is 0. The number of hydrogen-bond acceptors (Lipinski definition) is 2. The number of carbonyl (C=O) groups is 1. The molecule has 0 saturated carbocycles. The van der Waals surface area contributed by atoms with Crippen LogP contribution in [0.5, 0.6) is 0 Å². The topological polar surface area (TPSA) is 57.5 Å². The molecule has 0 unspecified atom stereocenters. The summed E-state index contributed by atoms with van der Waals surface area (Å²) >= 11 is 8.77. The van der Waals surface area contributed by atoms with Crippen LogP contribution < -0.4 is 0 Å². The molecule has 3 nitrogen and oxygen atoms in total. The van der Waals surface area contributed by atoms with Gasteiger partial charge in [-0.2, -0.15) is 0 Å². The average molecular weight is 525 g/mol. The molecule has 2 N–H and O–H groups in total. The van der Waals surface area contributed by atoms with Crippen LogP contribution in [0.15, 0.2) is 0 Å². The van der Waals surface area contributed by atoms with Crippen LogP contribution in [0.3, 0.4) is 0 Å². The average Bonchev–Trinajstić information content (AvgIpc) is 1.65. The van der Waals surface area contributed by atoms with E-state index in [2.05, 4.69) is 36.7 Å². The molecule has 0 spiro atoms. The zero-order chi connectivity index (χ0) is 7.86. The van der Waals surface area contributed by atoms with Crippen LogP contribution in [0.4, 0.5) is 0 Å². The Kier molecular flexibility index (Phi) is 14.5. The monoisotopic (exact) mass is 522 g/mol. The molecular weight excluding hydrogens is 521 g/mol. The standard InChI is InChI=1S/C2H4O3.Bi.3BrH/c3-1-2(4)5;;;;/h3H,1H2,(H,4,5);;3*1H/q;+3;;;/p-3. The van der Waals surface area contributed by atoms with Gasteiger partial charge in [0, 0.05) is 0 Å². The fourth-order valence-corrected chi connectivity index (χ4v) is 0. The van der Waals surface area contributed by atoms with Gasteiger partial charge in [0.05, 0.1) is 0 Å². The zero-order valence-electron chi connectivity index (χ0n) is 4.09. The molecule has 7 heteroatoms. The number of aliphatic hydroxyl groups is 1. The molecule has 0 aliphatic rings. The Hall–Kier alpha value is 1.75. The molecule has 0 radical (unpaired) electrons. The third-order valence-corrected chi connectivity index (χ3v) is 0.135. The summed E-state index contributed by atoms with van der Waals surface area (Å²) in [6, 6.07) is 0. The summed E-state index contributed by atoms with van der Waals surface area (Å²) in [5.74, 6) is -1.19. The molecule has 0 atom stereocenters. The van der Waals surface area contributed by atoms with Gasteiger partial charge in [-0.25, -0.2) is 4.79 Å². The molecule has 9 heavy (non-hydrogen) atoms. The van der Waals surface area contributed by atoms with Crippen molar-refractivity contribution in [2.75, 3.05) is 6.61 Å². The SMILES string of the molecule is O=C(O)CO.[Br][Bi]([Br])[Br]. The van der Waals surface area contributed by atoms with Crippen LogP contribution in [-0.2, 0) is 4.79 Å². The van der Waals surface area contributed by atoms with Crippen molar-refractivity contribution in [3.8, 4) is 0 Å². The van der Waals surface area contributed by atoms with Crippen LogP contribution in [0, 0.1) is 0 Å². The first kappa shape index (κ1) is 13.4. The Morgan fingerprint density at radius 1 is 1.44 bits per heavy atom. The normalized spacial score (nSPS) is 8.11. The minimum absolute atomic E-state index is 0.778. The molecule has 56 valence electrons. The first-order chi connectivity index (χ1) is 4.00. The van der Waals surface area contributed by atoms with E-state index < -0.39 is 27.3 Å². The summed E-state index contributed by atoms with van der Waals surface area (Å²) in [6.45, 7) is -0.778. The summed E-state index contributed by atoms with van der Waals surface area (Å²) in [5, 5.41) is 15.0. The maximum absolute atomic E-state index is 9.12. The van der Waals surface area contributed by atoms with Gasteiger partial charge in [-0.1, -0.05) is 0 Å². The van der Waals surface area contributed by atoms with E-state index >= 15 is 0 Å². The number of halogens is 3. The summed E-state index contributed by atoms with van der Waals surface area (Å²) in [7, 11) is 0. The number of aliphatic carboxylic acids is 1. The van der Waals surface area contributed by atoms with E-state index in [0.29, 0.717) is 0 Å². The van der Waals surface area contributed by atoms with E-state index in [1.807, 2.05) is 0 Å². The van der Waals surface area contributed by atoms with Crippen LogP contribution in [0.1, 0.15) is 0 Å². The number of carboxylic acids is 1. The van der Waals surface area contributed by atoms with Crippen molar-refractivity contribution < 1.29 is 15.0 Å². The van der Waals surface area contributed by atoms with Crippen molar-refractivity contribution >= 4 is 57.3 Å². The van der Waals surface area contributed by atoms with Crippen molar-refractivity contribution in [1.82, 2.24) is 0 Å². The molecule has 0 aliphatic heterocycles. The van der Waals surface area contributed by atoms with Gasteiger partial charge in [0.15, 0.2) is 0 Å². The Morgan fingerprint density at radius 3 is 1.56 bits per heavy atom. The molecule has 0 amide bonds. The molecule has 0 rings (SSSR count). The van der Waals surface area contributed by atoms with E-state index in [-0.39, 0.29) is 0 Å². The maximum atomic E-state index is 9.12. The Balaban J connectivity index is 0. The molecule has 0 aromatic carbocycles. The van der Waals surface area contributed by atoms with E-state index in [1.54, 1.807) is 0 Å². The summed E-state index contributed by atoms with van der Waals surface area (Å²) in [4.78, 5) is 9.12. The zero-order valence-corrected chi connectivity index (χ0v) is 12.3. The van der Waals surface area contributed by atoms with Crippen LogP contribution in [0.2, 0.25) is 0 Å². The molecular formula is C2H4BiBr3O3. The van der Waals surface area contributed by atoms with E-state index in [4.69, 9.17) is 15.0 Å². The first-order valence-electron chi connectivity index (χ1n) is 1.60. The van der Waals surface area contributed by atoms with Crippen molar-refractivity contribution in [1.29, 1.82) is 0 Å². The van der Waals surface area contributed by atoms with Crippen molar-refractivity contribution in [2.24, 2.45) is 0 Å². The number of hydrogen-bond donors (Lipinski definition) is 2. The van der Waals surface area contributed by atoms with Crippen molar-refractivity contribution in [3.63, 3.8) is 0 Å². The minimum atomic E-state index is -1.19. The Labute approximate surface area is 77.9 Å². The van der Waals surface area contributed by atoms with Crippen LogP contribution in [-0.4, -0.2) is 37.5 Å². The second kappa shape index (κ2) is 9.75. The second-order valence-electron chi connectivity index (χ2n) is 0.744. The van der Waals surface area contributed by atoms with Crippen LogP contribution in [0.25, 0.3) is 0 Å². The van der Waals surface area contributed by atoms with Gasteiger partial charge in [0.2, 0.25) is 0 Å². The molecule has 0 aromatic heterocycles. The molecule has 0 saturated heterocycles. The van der Waals surface area contributed by atoms with Gasteiger partial charge >= 0.3 is 57.3 Å². The van der Waals surface area contributed by atoms with Gasteiger partial charge in [0.1, 0.15) is 6.61 Å². The predicted molar refractivity (Wildman–Crippen MR) is 47.3 cm³/mol.